The summed E-state index contributed by atoms with van der Waals surface area (Å²) in [6.45, 7) is 5.50. The minimum Gasteiger partial charge on any atom is -0.436 e. The standard InChI is InChI=1S/C35H44ClF3N6O4/c1-41-13-9-26(10-14-41)42-18-20-43(21-19-42)32(46)31(23-24-6-7-29(36)28(22-24)35(37,38)39)49-34(48)44-15-11-27(12-16-44)45-17-8-25-4-2-3-5-30(25)40-33(45)47/h2-7,22,26-27,31H,8-21,23H2,1H3,(H,40,47)/t31-/m1/s1. The summed E-state index contributed by atoms with van der Waals surface area (Å²) >= 11 is 5.86. The Morgan fingerprint density at radius 2 is 1.57 bits per heavy atom. The number of hydrogen-bond donors (Lipinski definition) is 1. The van der Waals surface area contributed by atoms with E-state index < -0.39 is 34.9 Å². The second-order valence-electron chi connectivity index (χ2n) is 13.5. The Morgan fingerprint density at radius 3 is 2.27 bits per heavy atom. The van der Waals surface area contributed by atoms with Gasteiger partial charge in [0.1, 0.15) is 0 Å². The van der Waals surface area contributed by atoms with Crippen LogP contribution in [0.25, 0.3) is 0 Å². The monoisotopic (exact) mass is 704 g/mol. The van der Waals surface area contributed by atoms with E-state index in [2.05, 4.69) is 22.2 Å². The predicted molar refractivity (Wildman–Crippen MR) is 180 cm³/mol. The number of anilines is 1. The summed E-state index contributed by atoms with van der Waals surface area (Å²) in [6.07, 6.45) is -2.99. The van der Waals surface area contributed by atoms with Gasteiger partial charge in [0.05, 0.1) is 10.6 Å². The first-order chi connectivity index (χ1) is 23.5. The number of nitrogens with zero attached hydrogens (tertiary/aromatic N) is 5. The van der Waals surface area contributed by atoms with Crippen molar-refractivity contribution in [3.8, 4) is 0 Å². The molecular formula is C35H44ClF3N6O4. The summed E-state index contributed by atoms with van der Waals surface area (Å²) in [5, 5.41) is 2.55. The lowest BCUT2D eigenvalue weighted by Crippen LogP contribution is -2.56. The van der Waals surface area contributed by atoms with Crippen molar-refractivity contribution >= 4 is 35.3 Å². The zero-order chi connectivity index (χ0) is 34.7. The molecule has 6 rings (SSSR count). The number of piperidine rings is 2. The van der Waals surface area contributed by atoms with E-state index >= 15 is 0 Å². The molecule has 266 valence electrons. The Labute approximate surface area is 290 Å². The fraction of sp³-hybridized carbons (Fsp3) is 0.571. The van der Waals surface area contributed by atoms with Gasteiger partial charge < -0.3 is 29.7 Å². The van der Waals surface area contributed by atoms with Crippen molar-refractivity contribution < 1.29 is 32.3 Å². The molecule has 1 N–H and O–H groups in total. The predicted octanol–water partition coefficient (Wildman–Crippen LogP) is 5.20. The zero-order valence-corrected chi connectivity index (χ0v) is 28.5. The highest BCUT2D eigenvalue weighted by molar-refractivity contribution is 6.31. The summed E-state index contributed by atoms with van der Waals surface area (Å²) in [6, 6.07) is 11.4. The molecule has 0 aromatic heterocycles. The Hall–Kier alpha value is -3.55. The summed E-state index contributed by atoms with van der Waals surface area (Å²) in [4.78, 5) is 50.2. The number of alkyl halides is 3. The number of halogens is 4. The van der Waals surface area contributed by atoms with Gasteiger partial charge in [-0.05, 0) is 81.6 Å². The third kappa shape index (κ3) is 8.43. The fourth-order valence-electron chi connectivity index (χ4n) is 7.48. The molecule has 0 spiro atoms. The fourth-order valence-corrected chi connectivity index (χ4v) is 7.70. The van der Waals surface area contributed by atoms with Crippen LogP contribution in [0, 0.1) is 0 Å². The molecule has 2 aromatic rings. The molecule has 0 radical (unpaired) electrons. The highest BCUT2D eigenvalue weighted by Crippen LogP contribution is 2.35. The number of hydrogen-bond acceptors (Lipinski definition) is 6. The van der Waals surface area contributed by atoms with Crippen LogP contribution in [0.5, 0.6) is 0 Å². The first-order valence-corrected chi connectivity index (χ1v) is 17.5. The van der Waals surface area contributed by atoms with Crippen LogP contribution in [0.15, 0.2) is 42.5 Å². The van der Waals surface area contributed by atoms with Crippen molar-refractivity contribution in [2.45, 2.75) is 62.9 Å². The number of fused-ring (bicyclic) bond motifs is 1. The largest absolute Gasteiger partial charge is 0.436 e. The van der Waals surface area contributed by atoms with E-state index in [4.69, 9.17) is 16.3 Å². The molecule has 0 saturated carbocycles. The smallest absolute Gasteiger partial charge is 0.417 e. The van der Waals surface area contributed by atoms with Gasteiger partial charge in [0.2, 0.25) is 0 Å². The van der Waals surface area contributed by atoms with E-state index in [9.17, 15) is 27.6 Å². The SMILES string of the molecule is CN1CCC(N2CCN(C(=O)[C@@H](Cc3ccc(Cl)c(C(F)(F)F)c3)OC(=O)N3CCC(N4CCc5ccccc5NC4=O)CC3)CC2)CC1. The molecule has 3 fully saturated rings. The van der Waals surface area contributed by atoms with Crippen molar-refractivity contribution in [3.63, 3.8) is 0 Å². The number of likely N-dealkylation sites (tertiary alicyclic amines) is 2. The van der Waals surface area contributed by atoms with E-state index in [1.807, 2.05) is 29.2 Å². The Morgan fingerprint density at radius 1 is 0.898 bits per heavy atom. The molecule has 4 aliphatic rings. The van der Waals surface area contributed by atoms with Crippen LogP contribution in [0.4, 0.5) is 28.4 Å². The molecule has 10 nitrogen and oxygen atoms in total. The number of rotatable bonds is 6. The van der Waals surface area contributed by atoms with Crippen LogP contribution in [0.1, 0.15) is 42.4 Å². The van der Waals surface area contributed by atoms with Gasteiger partial charge >= 0.3 is 18.3 Å². The molecule has 0 aliphatic carbocycles. The first kappa shape index (κ1) is 35.3. The number of urea groups is 1. The number of amides is 4. The minimum atomic E-state index is -4.68. The lowest BCUT2D eigenvalue weighted by molar-refractivity contribution is -0.143. The average molecular weight is 705 g/mol. The quantitative estimate of drug-likeness (QED) is 0.445. The van der Waals surface area contributed by atoms with Crippen molar-refractivity contribution in [2.24, 2.45) is 0 Å². The van der Waals surface area contributed by atoms with Gasteiger partial charge in [-0.3, -0.25) is 9.69 Å². The third-order valence-corrected chi connectivity index (χ3v) is 10.7. The molecule has 4 amide bonds. The van der Waals surface area contributed by atoms with Gasteiger partial charge in [0.25, 0.3) is 5.91 Å². The second kappa shape index (κ2) is 15.1. The zero-order valence-electron chi connectivity index (χ0n) is 27.8. The van der Waals surface area contributed by atoms with E-state index in [-0.39, 0.29) is 24.1 Å². The second-order valence-corrected chi connectivity index (χ2v) is 13.9. The number of benzene rings is 2. The number of nitrogens with one attached hydrogen (secondary N) is 1. The van der Waals surface area contributed by atoms with E-state index in [1.165, 1.54) is 11.0 Å². The summed E-state index contributed by atoms with van der Waals surface area (Å²) in [5.74, 6) is -0.421. The highest BCUT2D eigenvalue weighted by atomic mass is 35.5. The topological polar surface area (TPSA) is 88.7 Å². The third-order valence-electron chi connectivity index (χ3n) is 10.4. The minimum absolute atomic E-state index is 0.0773. The van der Waals surface area contributed by atoms with Crippen LogP contribution >= 0.6 is 11.6 Å². The van der Waals surface area contributed by atoms with Crippen LogP contribution in [-0.4, -0.2) is 127 Å². The number of para-hydroxylation sites is 1. The molecule has 0 unspecified atom stereocenters. The average Bonchev–Trinajstić information content (AvgIpc) is 3.26. The maximum Gasteiger partial charge on any atom is 0.417 e. The van der Waals surface area contributed by atoms with Crippen LogP contribution in [-0.2, 0) is 28.5 Å². The molecule has 2 aromatic carbocycles. The van der Waals surface area contributed by atoms with E-state index in [0.717, 1.165) is 49.3 Å². The molecule has 3 saturated heterocycles. The number of ether oxygens (including phenoxy) is 1. The van der Waals surface area contributed by atoms with E-state index in [0.29, 0.717) is 71.1 Å². The Kier molecular flexibility index (Phi) is 10.9. The molecular weight excluding hydrogens is 661 g/mol. The van der Waals surface area contributed by atoms with Crippen molar-refractivity contribution in [1.82, 2.24) is 24.5 Å². The van der Waals surface area contributed by atoms with Crippen LogP contribution < -0.4 is 5.32 Å². The maximum absolute atomic E-state index is 13.9. The molecule has 14 heteroatoms. The highest BCUT2D eigenvalue weighted by Gasteiger charge is 2.38. The van der Waals surface area contributed by atoms with Crippen molar-refractivity contribution in [2.75, 3.05) is 71.3 Å². The van der Waals surface area contributed by atoms with Gasteiger partial charge in [0.15, 0.2) is 6.10 Å². The maximum atomic E-state index is 13.9. The molecule has 4 heterocycles. The summed E-state index contributed by atoms with van der Waals surface area (Å²) in [5.41, 5.74) is 1.07. The van der Waals surface area contributed by atoms with Crippen LogP contribution in [0.3, 0.4) is 0 Å². The number of piperazine rings is 1. The Bertz CT molecular complexity index is 1500. The molecule has 4 aliphatic heterocycles. The molecule has 49 heavy (non-hydrogen) atoms. The van der Waals surface area contributed by atoms with Crippen molar-refractivity contribution in [3.05, 3.63) is 64.2 Å². The van der Waals surface area contributed by atoms with Gasteiger partial charge in [0, 0.05) is 70.0 Å². The first-order valence-electron chi connectivity index (χ1n) is 17.1. The molecule has 0 bridgehead atoms. The molecule has 1 atom stereocenters. The van der Waals surface area contributed by atoms with Crippen LogP contribution in [0.2, 0.25) is 5.02 Å². The van der Waals surface area contributed by atoms with Gasteiger partial charge in [-0.1, -0.05) is 35.9 Å². The summed E-state index contributed by atoms with van der Waals surface area (Å²) < 4.78 is 46.9. The normalized spacial score (nSPS) is 21.2. The number of carbonyl (C=O) groups excluding carboxylic acids is 3. The lowest BCUT2D eigenvalue weighted by Gasteiger charge is -2.42. The van der Waals surface area contributed by atoms with E-state index in [1.54, 1.807) is 4.90 Å². The van der Waals surface area contributed by atoms with Gasteiger partial charge in [-0.2, -0.15) is 13.2 Å². The summed E-state index contributed by atoms with van der Waals surface area (Å²) in [7, 11) is 2.11. The number of carbonyl (C=O) groups is 3. The van der Waals surface area contributed by atoms with Gasteiger partial charge in [-0.25, -0.2) is 9.59 Å². The van der Waals surface area contributed by atoms with Gasteiger partial charge in [-0.15, -0.1) is 0 Å². The Balaban J connectivity index is 1.10. The lowest BCUT2D eigenvalue weighted by atomic mass is 10.0. The van der Waals surface area contributed by atoms with Crippen molar-refractivity contribution in [1.29, 1.82) is 0 Å².